The van der Waals surface area contributed by atoms with Crippen LogP contribution in [0.1, 0.15) is 13.8 Å². The fraction of sp³-hybridized carbons (Fsp3) is 0.333. The van der Waals surface area contributed by atoms with Gasteiger partial charge in [-0.05, 0) is 48.6 Å². The van der Waals surface area contributed by atoms with Crippen molar-refractivity contribution in [3.05, 3.63) is 31.9 Å². The van der Waals surface area contributed by atoms with E-state index in [1.54, 1.807) is 12.1 Å². The highest BCUT2D eigenvalue weighted by Crippen LogP contribution is 2.24. The molecular formula is C9H11IN2O2. The van der Waals surface area contributed by atoms with Crippen LogP contribution in [0, 0.1) is 13.7 Å². The molecule has 0 aliphatic heterocycles. The van der Waals surface area contributed by atoms with Gasteiger partial charge < -0.3 is 5.32 Å². The van der Waals surface area contributed by atoms with Crippen LogP contribution in [0.5, 0.6) is 0 Å². The first-order chi connectivity index (χ1) is 6.50. The Bertz CT molecular complexity index is 353. The molecule has 0 fully saturated rings. The van der Waals surface area contributed by atoms with Crippen molar-refractivity contribution in [2.75, 3.05) is 5.32 Å². The van der Waals surface area contributed by atoms with Crippen molar-refractivity contribution in [3.63, 3.8) is 0 Å². The van der Waals surface area contributed by atoms with Crippen LogP contribution in [0.4, 0.5) is 11.4 Å². The second-order valence-electron chi connectivity index (χ2n) is 3.22. The zero-order valence-corrected chi connectivity index (χ0v) is 10.1. The average molecular weight is 306 g/mol. The van der Waals surface area contributed by atoms with Crippen molar-refractivity contribution in [1.29, 1.82) is 0 Å². The molecule has 0 aliphatic carbocycles. The van der Waals surface area contributed by atoms with Gasteiger partial charge in [0.2, 0.25) is 0 Å². The van der Waals surface area contributed by atoms with Crippen molar-refractivity contribution < 1.29 is 4.92 Å². The number of hydrogen-bond acceptors (Lipinski definition) is 3. The van der Waals surface area contributed by atoms with Gasteiger partial charge in [-0.2, -0.15) is 0 Å². The van der Waals surface area contributed by atoms with Crippen LogP contribution < -0.4 is 5.32 Å². The Morgan fingerprint density at radius 2 is 2.14 bits per heavy atom. The minimum Gasteiger partial charge on any atom is -0.383 e. The van der Waals surface area contributed by atoms with E-state index in [1.165, 1.54) is 6.07 Å². The highest BCUT2D eigenvalue weighted by Gasteiger charge is 2.11. The Morgan fingerprint density at radius 3 is 2.57 bits per heavy atom. The second-order valence-corrected chi connectivity index (χ2v) is 4.38. The lowest BCUT2D eigenvalue weighted by Gasteiger charge is -2.09. The van der Waals surface area contributed by atoms with E-state index in [2.05, 4.69) is 5.32 Å². The molecule has 14 heavy (non-hydrogen) atoms. The molecule has 0 radical (unpaired) electrons. The summed E-state index contributed by atoms with van der Waals surface area (Å²) in [6.45, 7) is 4.04. The number of nitrogens with zero attached hydrogens (tertiary/aromatic N) is 1. The van der Waals surface area contributed by atoms with Gasteiger partial charge in [-0.3, -0.25) is 10.1 Å². The molecule has 76 valence electrons. The Kier molecular flexibility index (Phi) is 3.68. The van der Waals surface area contributed by atoms with Crippen LogP contribution in [-0.4, -0.2) is 11.0 Å². The molecule has 0 atom stereocenters. The molecule has 0 saturated heterocycles. The average Bonchev–Trinajstić information content (AvgIpc) is 2.01. The Hall–Kier alpha value is -0.850. The molecule has 0 amide bonds. The predicted molar refractivity (Wildman–Crippen MR) is 64.6 cm³/mol. The van der Waals surface area contributed by atoms with E-state index < -0.39 is 0 Å². The maximum absolute atomic E-state index is 10.5. The topological polar surface area (TPSA) is 55.2 Å². The lowest BCUT2D eigenvalue weighted by molar-refractivity contribution is -0.385. The number of rotatable bonds is 3. The first-order valence-corrected chi connectivity index (χ1v) is 5.29. The van der Waals surface area contributed by atoms with Gasteiger partial charge in [0.05, 0.1) is 8.49 Å². The van der Waals surface area contributed by atoms with E-state index in [-0.39, 0.29) is 10.6 Å². The summed E-state index contributed by atoms with van der Waals surface area (Å²) >= 11 is 1.97. The Balaban J connectivity index is 2.94. The molecule has 0 unspecified atom stereocenters. The molecule has 0 aromatic heterocycles. The number of nitro benzene ring substituents is 1. The van der Waals surface area contributed by atoms with Gasteiger partial charge >= 0.3 is 0 Å². The van der Waals surface area contributed by atoms with E-state index in [9.17, 15) is 10.1 Å². The third kappa shape index (κ3) is 2.83. The van der Waals surface area contributed by atoms with Crippen LogP contribution in [0.3, 0.4) is 0 Å². The molecule has 0 saturated carbocycles. The van der Waals surface area contributed by atoms with Crippen LogP contribution in [0.2, 0.25) is 0 Å². The van der Waals surface area contributed by atoms with Crippen molar-refractivity contribution in [2.24, 2.45) is 0 Å². The summed E-state index contributed by atoms with van der Waals surface area (Å²) < 4.78 is 0.651. The van der Waals surface area contributed by atoms with Gasteiger partial charge in [-0.15, -0.1) is 0 Å². The molecule has 0 bridgehead atoms. The summed E-state index contributed by atoms with van der Waals surface area (Å²) in [5.41, 5.74) is 1.06. The van der Waals surface area contributed by atoms with E-state index in [1.807, 2.05) is 36.4 Å². The minimum absolute atomic E-state index is 0.153. The zero-order valence-electron chi connectivity index (χ0n) is 7.95. The summed E-state index contributed by atoms with van der Waals surface area (Å²) in [7, 11) is 0. The fourth-order valence-electron chi connectivity index (χ4n) is 1.08. The highest BCUT2D eigenvalue weighted by molar-refractivity contribution is 14.1. The maximum Gasteiger partial charge on any atom is 0.282 e. The summed E-state index contributed by atoms with van der Waals surface area (Å²) in [6.07, 6.45) is 0. The lowest BCUT2D eigenvalue weighted by atomic mass is 10.2. The van der Waals surface area contributed by atoms with Crippen molar-refractivity contribution in [2.45, 2.75) is 19.9 Å². The van der Waals surface area contributed by atoms with Crippen LogP contribution in [-0.2, 0) is 0 Å². The van der Waals surface area contributed by atoms with E-state index >= 15 is 0 Å². The molecule has 1 aromatic carbocycles. The normalized spacial score (nSPS) is 10.3. The summed E-state index contributed by atoms with van der Waals surface area (Å²) in [4.78, 5) is 10.2. The van der Waals surface area contributed by atoms with Gasteiger partial charge in [0.15, 0.2) is 0 Å². The number of hydrogen-bond donors (Lipinski definition) is 1. The van der Waals surface area contributed by atoms with Crippen LogP contribution in [0.15, 0.2) is 18.2 Å². The molecule has 0 aliphatic rings. The molecule has 1 N–H and O–H groups in total. The molecule has 4 nitrogen and oxygen atoms in total. The van der Waals surface area contributed by atoms with Gasteiger partial charge in [0.1, 0.15) is 0 Å². The number of anilines is 1. The Labute approximate surface area is 96.0 Å². The molecule has 0 heterocycles. The third-order valence-corrected chi connectivity index (χ3v) is 2.46. The Morgan fingerprint density at radius 1 is 1.50 bits per heavy atom. The van der Waals surface area contributed by atoms with E-state index in [0.717, 1.165) is 5.69 Å². The predicted octanol–water partition coefficient (Wildman–Crippen LogP) is 3.02. The maximum atomic E-state index is 10.5. The standard InChI is InChI=1S/C9H11IN2O2/c1-6(2)11-7-3-4-9(12(13)14)8(10)5-7/h3-6,11H,1-2H3. The smallest absolute Gasteiger partial charge is 0.282 e. The zero-order chi connectivity index (χ0) is 10.7. The van der Waals surface area contributed by atoms with Crippen molar-refractivity contribution >= 4 is 34.0 Å². The summed E-state index contributed by atoms with van der Waals surface area (Å²) in [5, 5.41) is 13.7. The fourth-order valence-corrected chi connectivity index (χ4v) is 1.79. The number of benzene rings is 1. The monoisotopic (exact) mass is 306 g/mol. The van der Waals surface area contributed by atoms with Crippen LogP contribution in [0.25, 0.3) is 0 Å². The van der Waals surface area contributed by atoms with E-state index in [4.69, 9.17) is 0 Å². The molecular weight excluding hydrogens is 295 g/mol. The van der Waals surface area contributed by atoms with E-state index in [0.29, 0.717) is 9.61 Å². The number of nitrogens with one attached hydrogen (secondary N) is 1. The number of halogens is 1. The van der Waals surface area contributed by atoms with Gasteiger partial charge in [-0.25, -0.2) is 0 Å². The first-order valence-electron chi connectivity index (χ1n) is 4.21. The van der Waals surface area contributed by atoms with Gasteiger partial charge in [0.25, 0.3) is 5.69 Å². The highest BCUT2D eigenvalue weighted by atomic mass is 127. The molecule has 1 rings (SSSR count). The molecule has 1 aromatic rings. The van der Waals surface area contributed by atoms with Gasteiger partial charge in [0, 0.05) is 17.8 Å². The SMILES string of the molecule is CC(C)Nc1ccc([N+](=O)[O-])c(I)c1. The largest absolute Gasteiger partial charge is 0.383 e. The van der Waals surface area contributed by atoms with Gasteiger partial charge in [-0.1, -0.05) is 0 Å². The quantitative estimate of drug-likeness (QED) is 0.530. The minimum atomic E-state index is -0.374. The molecule has 5 heteroatoms. The number of nitro groups is 1. The lowest BCUT2D eigenvalue weighted by Crippen LogP contribution is -2.09. The second kappa shape index (κ2) is 4.59. The summed E-state index contributed by atoms with van der Waals surface area (Å²) in [5.74, 6) is 0. The van der Waals surface area contributed by atoms with Crippen molar-refractivity contribution in [1.82, 2.24) is 0 Å². The molecule has 0 spiro atoms. The third-order valence-electron chi connectivity index (χ3n) is 1.60. The van der Waals surface area contributed by atoms with Crippen molar-refractivity contribution in [3.8, 4) is 0 Å². The first kappa shape index (κ1) is 11.2. The summed E-state index contributed by atoms with van der Waals surface area (Å²) in [6, 6.07) is 5.35. The van der Waals surface area contributed by atoms with Crippen LogP contribution >= 0.6 is 22.6 Å².